The molecule has 5 nitrogen and oxygen atoms in total. The fourth-order valence-electron chi connectivity index (χ4n) is 1.96. The van der Waals surface area contributed by atoms with Crippen LogP contribution in [0.2, 0.25) is 0 Å². The first-order chi connectivity index (χ1) is 7.16. The summed E-state index contributed by atoms with van der Waals surface area (Å²) in [7, 11) is 0. The monoisotopic (exact) mass is 212 g/mol. The molecule has 0 bridgehead atoms. The normalized spacial score (nSPS) is 26.1. The molecular weight excluding hydrogens is 196 g/mol. The van der Waals surface area contributed by atoms with Gasteiger partial charge in [0.1, 0.15) is 0 Å². The summed E-state index contributed by atoms with van der Waals surface area (Å²) >= 11 is 0. The summed E-state index contributed by atoms with van der Waals surface area (Å²) in [6.45, 7) is 0.920. The van der Waals surface area contributed by atoms with Gasteiger partial charge in [-0.25, -0.2) is 4.79 Å². The van der Waals surface area contributed by atoms with Crippen LogP contribution in [0.4, 0.5) is 4.79 Å². The Morgan fingerprint density at radius 2 is 2.00 bits per heavy atom. The van der Waals surface area contributed by atoms with E-state index in [1.807, 2.05) is 0 Å². The van der Waals surface area contributed by atoms with E-state index < -0.39 is 5.97 Å². The molecule has 2 rings (SSSR count). The van der Waals surface area contributed by atoms with Crippen molar-refractivity contribution in [1.29, 1.82) is 0 Å². The van der Waals surface area contributed by atoms with E-state index in [0.29, 0.717) is 25.6 Å². The highest BCUT2D eigenvalue weighted by Crippen LogP contribution is 2.20. The van der Waals surface area contributed by atoms with Crippen molar-refractivity contribution in [1.82, 2.24) is 10.2 Å². The van der Waals surface area contributed by atoms with E-state index in [1.165, 1.54) is 6.42 Å². The molecule has 1 atom stereocenters. The lowest BCUT2D eigenvalue weighted by Crippen LogP contribution is -2.46. The molecule has 2 aliphatic rings. The molecule has 2 N–H and O–H groups in total. The molecule has 2 amide bonds. The van der Waals surface area contributed by atoms with Crippen molar-refractivity contribution < 1.29 is 14.7 Å². The number of rotatable bonds is 2. The Kier molecular flexibility index (Phi) is 2.79. The van der Waals surface area contributed by atoms with E-state index in [-0.39, 0.29) is 11.9 Å². The highest BCUT2D eigenvalue weighted by Gasteiger charge is 2.32. The molecule has 1 heterocycles. The Balaban J connectivity index is 1.79. The number of carboxylic acid groups (broad SMARTS) is 1. The third-order valence-corrected chi connectivity index (χ3v) is 3.26. The molecule has 1 unspecified atom stereocenters. The highest BCUT2D eigenvalue weighted by molar-refractivity contribution is 5.77. The average molecular weight is 212 g/mol. The maximum absolute atomic E-state index is 11.6. The van der Waals surface area contributed by atoms with E-state index >= 15 is 0 Å². The Hall–Kier alpha value is -1.26. The standard InChI is InChI=1S/C10H16N2O3/c13-9(14)7-4-5-12(6-7)10(15)11-8-2-1-3-8/h7-8H,1-6H2,(H,11,15)(H,13,14). The van der Waals surface area contributed by atoms with Crippen LogP contribution in [0.3, 0.4) is 0 Å². The molecule has 1 saturated heterocycles. The van der Waals surface area contributed by atoms with Gasteiger partial charge in [-0.3, -0.25) is 4.79 Å². The van der Waals surface area contributed by atoms with E-state index in [2.05, 4.69) is 5.32 Å². The van der Waals surface area contributed by atoms with Crippen LogP contribution in [0.25, 0.3) is 0 Å². The number of carbonyl (C=O) groups excluding carboxylic acids is 1. The molecule has 0 spiro atoms. The summed E-state index contributed by atoms with van der Waals surface area (Å²) in [4.78, 5) is 23.9. The van der Waals surface area contributed by atoms with Gasteiger partial charge in [0.15, 0.2) is 0 Å². The first kappa shape index (κ1) is 10.3. The van der Waals surface area contributed by atoms with Crippen molar-refractivity contribution >= 4 is 12.0 Å². The predicted octanol–water partition coefficient (Wildman–Crippen LogP) is 0.655. The summed E-state index contributed by atoms with van der Waals surface area (Å²) in [5.74, 6) is -1.17. The van der Waals surface area contributed by atoms with Gasteiger partial charge in [-0.2, -0.15) is 0 Å². The fourth-order valence-corrected chi connectivity index (χ4v) is 1.96. The van der Waals surface area contributed by atoms with Crippen molar-refractivity contribution in [3.05, 3.63) is 0 Å². The van der Waals surface area contributed by atoms with Crippen LogP contribution in [0.5, 0.6) is 0 Å². The smallest absolute Gasteiger partial charge is 0.317 e. The minimum atomic E-state index is -0.797. The summed E-state index contributed by atoms with van der Waals surface area (Å²) < 4.78 is 0. The number of hydrogen-bond acceptors (Lipinski definition) is 2. The lowest BCUT2D eigenvalue weighted by Gasteiger charge is -2.28. The molecule has 15 heavy (non-hydrogen) atoms. The highest BCUT2D eigenvalue weighted by atomic mass is 16.4. The Bertz CT molecular complexity index is 276. The molecule has 2 fully saturated rings. The average Bonchev–Trinajstić information content (AvgIpc) is 2.59. The molecule has 84 valence electrons. The van der Waals surface area contributed by atoms with Gasteiger partial charge in [0.25, 0.3) is 0 Å². The molecule has 1 aliphatic carbocycles. The minimum Gasteiger partial charge on any atom is -0.481 e. The fraction of sp³-hybridized carbons (Fsp3) is 0.800. The van der Waals surface area contributed by atoms with Gasteiger partial charge in [-0.1, -0.05) is 0 Å². The van der Waals surface area contributed by atoms with Crippen molar-refractivity contribution in [2.45, 2.75) is 31.7 Å². The van der Waals surface area contributed by atoms with Crippen molar-refractivity contribution in [2.24, 2.45) is 5.92 Å². The van der Waals surface area contributed by atoms with E-state index in [4.69, 9.17) is 5.11 Å². The molecule has 0 aromatic rings. The second-order valence-electron chi connectivity index (χ2n) is 4.35. The van der Waals surface area contributed by atoms with Crippen molar-refractivity contribution in [3.8, 4) is 0 Å². The number of nitrogens with zero attached hydrogens (tertiary/aromatic N) is 1. The van der Waals surface area contributed by atoms with E-state index in [9.17, 15) is 9.59 Å². The molecular formula is C10H16N2O3. The number of amides is 2. The Morgan fingerprint density at radius 3 is 2.47 bits per heavy atom. The van der Waals surface area contributed by atoms with Crippen LogP contribution in [0, 0.1) is 5.92 Å². The van der Waals surface area contributed by atoms with Crippen molar-refractivity contribution in [2.75, 3.05) is 13.1 Å². The van der Waals surface area contributed by atoms with Crippen LogP contribution >= 0.6 is 0 Å². The molecule has 1 aliphatic heterocycles. The van der Waals surface area contributed by atoms with Gasteiger partial charge in [0.2, 0.25) is 0 Å². The lowest BCUT2D eigenvalue weighted by molar-refractivity contribution is -0.141. The lowest BCUT2D eigenvalue weighted by atomic mass is 9.93. The molecule has 5 heteroatoms. The van der Waals surface area contributed by atoms with Crippen LogP contribution in [-0.4, -0.2) is 41.1 Å². The van der Waals surface area contributed by atoms with Crippen LogP contribution in [0.15, 0.2) is 0 Å². The largest absolute Gasteiger partial charge is 0.481 e. The van der Waals surface area contributed by atoms with Gasteiger partial charge in [-0.05, 0) is 25.7 Å². The maximum atomic E-state index is 11.6. The van der Waals surface area contributed by atoms with Gasteiger partial charge in [0.05, 0.1) is 5.92 Å². The van der Waals surface area contributed by atoms with E-state index in [0.717, 1.165) is 12.8 Å². The number of likely N-dealkylation sites (tertiary alicyclic amines) is 1. The second kappa shape index (κ2) is 4.08. The predicted molar refractivity (Wildman–Crippen MR) is 53.5 cm³/mol. The van der Waals surface area contributed by atoms with Crippen molar-refractivity contribution in [3.63, 3.8) is 0 Å². The quantitative estimate of drug-likeness (QED) is 0.706. The number of hydrogen-bond donors (Lipinski definition) is 2. The topological polar surface area (TPSA) is 69.6 Å². The van der Waals surface area contributed by atoms with Crippen LogP contribution < -0.4 is 5.32 Å². The minimum absolute atomic E-state index is 0.0940. The first-order valence-electron chi connectivity index (χ1n) is 5.45. The Morgan fingerprint density at radius 1 is 1.27 bits per heavy atom. The molecule has 1 saturated carbocycles. The number of carboxylic acids is 1. The van der Waals surface area contributed by atoms with Gasteiger partial charge in [0, 0.05) is 19.1 Å². The van der Waals surface area contributed by atoms with Gasteiger partial charge in [-0.15, -0.1) is 0 Å². The summed E-state index contributed by atoms with van der Waals surface area (Å²) in [6, 6.07) is 0.227. The number of aliphatic carboxylic acids is 1. The zero-order valence-electron chi connectivity index (χ0n) is 8.61. The molecule has 0 aromatic heterocycles. The summed E-state index contributed by atoms with van der Waals surface area (Å²) in [6.07, 6.45) is 3.87. The molecule has 0 radical (unpaired) electrons. The van der Waals surface area contributed by atoms with Gasteiger partial charge < -0.3 is 15.3 Å². The molecule has 0 aromatic carbocycles. The third kappa shape index (κ3) is 2.22. The number of nitrogens with one attached hydrogen (secondary N) is 1. The van der Waals surface area contributed by atoms with E-state index in [1.54, 1.807) is 4.90 Å². The second-order valence-corrected chi connectivity index (χ2v) is 4.35. The number of urea groups is 1. The first-order valence-corrected chi connectivity index (χ1v) is 5.45. The zero-order valence-corrected chi connectivity index (χ0v) is 8.61. The number of carbonyl (C=O) groups is 2. The SMILES string of the molecule is O=C(O)C1CCN(C(=O)NC2CCC2)C1. The van der Waals surface area contributed by atoms with Crippen LogP contribution in [0.1, 0.15) is 25.7 Å². The van der Waals surface area contributed by atoms with Crippen LogP contribution in [-0.2, 0) is 4.79 Å². The zero-order chi connectivity index (χ0) is 10.8. The summed E-state index contributed by atoms with van der Waals surface area (Å²) in [5.41, 5.74) is 0. The third-order valence-electron chi connectivity index (χ3n) is 3.26. The maximum Gasteiger partial charge on any atom is 0.317 e. The summed E-state index contributed by atoms with van der Waals surface area (Å²) in [5, 5.41) is 11.7. The Labute approximate surface area is 88.4 Å². The van der Waals surface area contributed by atoms with Gasteiger partial charge >= 0.3 is 12.0 Å².